The largest absolute Gasteiger partial charge is 0.514 e. The van der Waals surface area contributed by atoms with Gasteiger partial charge in [-0.1, -0.05) is 77.3 Å². The second-order valence-electron chi connectivity index (χ2n) is 6.94. The first kappa shape index (κ1) is 21.5. The van der Waals surface area contributed by atoms with Crippen LogP contribution in [0.15, 0.2) is 24.3 Å². The molecule has 0 aliphatic carbocycles. The molecule has 0 heterocycles. The molecule has 0 aromatic heterocycles. The van der Waals surface area contributed by atoms with Crippen LogP contribution < -0.4 is 4.74 Å². The van der Waals surface area contributed by atoms with Crippen molar-refractivity contribution in [2.75, 3.05) is 0 Å². The normalized spacial score (nSPS) is 12.0. The maximum Gasteiger partial charge on any atom is 0.514 e. The second-order valence-corrected chi connectivity index (χ2v) is 6.94. The van der Waals surface area contributed by atoms with Gasteiger partial charge < -0.3 is 9.47 Å². The van der Waals surface area contributed by atoms with Gasteiger partial charge in [0.25, 0.3) is 0 Å². The summed E-state index contributed by atoms with van der Waals surface area (Å²) in [5.41, 5.74) is 1.30. The summed E-state index contributed by atoms with van der Waals surface area (Å²) in [7, 11) is 0. The molecule has 1 rings (SSSR count). The highest BCUT2D eigenvalue weighted by Gasteiger charge is 2.10. The molecule has 0 aliphatic heterocycles. The smallest absolute Gasteiger partial charge is 0.431 e. The Hall–Kier alpha value is -1.51. The van der Waals surface area contributed by atoms with Gasteiger partial charge in [0.1, 0.15) is 11.9 Å². The Morgan fingerprint density at radius 1 is 0.880 bits per heavy atom. The van der Waals surface area contributed by atoms with Gasteiger partial charge in [0.05, 0.1) is 0 Å². The van der Waals surface area contributed by atoms with Crippen molar-refractivity contribution in [1.82, 2.24) is 0 Å². The Labute approximate surface area is 154 Å². The lowest BCUT2D eigenvalue weighted by Gasteiger charge is -2.12. The second kappa shape index (κ2) is 13.7. The standard InChI is InChI=1S/C22H36O3/c1-4-6-7-8-9-10-11-12-14-20-15-17-21(18-16-20)25-22(23)24-19(3)13-5-2/h15-19H,4-14H2,1-3H3. The van der Waals surface area contributed by atoms with E-state index < -0.39 is 6.16 Å². The van der Waals surface area contributed by atoms with Gasteiger partial charge in [0.2, 0.25) is 0 Å². The minimum atomic E-state index is -0.614. The SMILES string of the molecule is CCCCCCCCCCc1ccc(OC(=O)OC(C)CCC)cc1. The van der Waals surface area contributed by atoms with Gasteiger partial charge in [-0.25, -0.2) is 4.79 Å². The van der Waals surface area contributed by atoms with Crippen LogP contribution in [-0.4, -0.2) is 12.3 Å². The third kappa shape index (κ3) is 10.9. The van der Waals surface area contributed by atoms with E-state index in [1.54, 1.807) is 0 Å². The number of carbonyl (C=O) groups excluding carboxylic acids is 1. The van der Waals surface area contributed by atoms with Crippen LogP contribution in [0.1, 0.15) is 90.5 Å². The fourth-order valence-corrected chi connectivity index (χ4v) is 2.94. The molecule has 1 aromatic carbocycles. The average Bonchev–Trinajstić information content (AvgIpc) is 2.58. The molecule has 1 aromatic rings. The Balaban J connectivity index is 2.17. The Bertz CT molecular complexity index is 453. The molecule has 3 heteroatoms. The summed E-state index contributed by atoms with van der Waals surface area (Å²) in [6.07, 6.45) is 12.9. The topological polar surface area (TPSA) is 35.5 Å². The van der Waals surface area contributed by atoms with Gasteiger partial charge in [-0.3, -0.25) is 0 Å². The van der Waals surface area contributed by atoms with E-state index in [4.69, 9.17) is 9.47 Å². The van der Waals surface area contributed by atoms with Crippen molar-refractivity contribution in [1.29, 1.82) is 0 Å². The van der Waals surface area contributed by atoms with Crippen molar-refractivity contribution in [3.05, 3.63) is 29.8 Å². The van der Waals surface area contributed by atoms with Gasteiger partial charge in [-0.15, -0.1) is 0 Å². The van der Waals surface area contributed by atoms with E-state index in [0.717, 1.165) is 19.3 Å². The van der Waals surface area contributed by atoms with Crippen LogP contribution in [0.2, 0.25) is 0 Å². The Kier molecular flexibility index (Phi) is 11.8. The van der Waals surface area contributed by atoms with Gasteiger partial charge >= 0.3 is 6.16 Å². The highest BCUT2D eigenvalue weighted by atomic mass is 16.7. The predicted molar refractivity (Wildman–Crippen MR) is 104 cm³/mol. The molecule has 0 N–H and O–H groups in total. The predicted octanol–water partition coefficient (Wildman–Crippen LogP) is 7.07. The highest BCUT2D eigenvalue weighted by Crippen LogP contribution is 2.16. The zero-order valence-electron chi connectivity index (χ0n) is 16.4. The van der Waals surface area contributed by atoms with Gasteiger partial charge in [0, 0.05) is 0 Å². The Morgan fingerprint density at radius 2 is 1.48 bits per heavy atom. The lowest BCUT2D eigenvalue weighted by molar-refractivity contribution is 0.0621. The van der Waals surface area contributed by atoms with E-state index in [9.17, 15) is 4.79 Å². The summed E-state index contributed by atoms with van der Waals surface area (Å²) in [5.74, 6) is 0.549. The molecule has 0 aliphatic rings. The molecular formula is C22H36O3. The number of hydrogen-bond acceptors (Lipinski definition) is 3. The van der Waals surface area contributed by atoms with Gasteiger partial charge in [-0.05, 0) is 43.9 Å². The van der Waals surface area contributed by atoms with Crippen LogP contribution in [0.25, 0.3) is 0 Å². The van der Waals surface area contributed by atoms with Gasteiger partial charge in [0.15, 0.2) is 0 Å². The quantitative estimate of drug-likeness (QED) is 0.217. The molecule has 1 atom stereocenters. The van der Waals surface area contributed by atoms with Crippen LogP contribution in [0.3, 0.4) is 0 Å². The van der Waals surface area contributed by atoms with Crippen LogP contribution in [0.5, 0.6) is 5.75 Å². The molecule has 0 spiro atoms. The van der Waals surface area contributed by atoms with Crippen molar-refractivity contribution < 1.29 is 14.3 Å². The molecule has 0 radical (unpaired) electrons. The van der Waals surface area contributed by atoms with Crippen molar-refractivity contribution in [2.45, 2.75) is 97.5 Å². The van der Waals surface area contributed by atoms with E-state index in [2.05, 4.69) is 13.8 Å². The first-order chi connectivity index (χ1) is 12.2. The van der Waals surface area contributed by atoms with E-state index in [1.807, 2.05) is 31.2 Å². The Morgan fingerprint density at radius 3 is 2.08 bits per heavy atom. The van der Waals surface area contributed by atoms with Crippen molar-refractivity contribution in [3.63, 3.8) is 0 Å². The summed E-state index contributed by atoms with van der Waals surface area (Å²) in [4.78, 5) is 11.7. The summed E-state index contributed by atoms with van der Waals surface area (Å²) >= 11 is 0. The molecule has 25 heavy (non-hydrogen) atoms. The molecule has 3 nitrogen and oxygen atoms in total. The van der Waals surface area contributed by atoms with Crippen molar-refractivity contribution in [2.24, 2.45) is 0 Å². The summed E-state index contributed by atoms with van der Waals surface area (Å²) in [6, 6.07) is 7.79. The summed E-state index contributed by atoms with van der Waals surface area (Å²) in [5, 5.41) is 0. The summed E-state index contributed by atoms with van der Waals surface area (Å²) in [6.45, 7) is 6.21. The van der Waals surface area contributed by atoms with E-state index >= 15 is 0 Å². The fraction of sp³-hybridized carbons (Fsp3) is 0.682. The first-order valence-corrected chi connectivity index (χ1v) is 10.1. The minimum Gasteiger partial charge on any atom is -0.431 e. The fourth-order valence-electron chi connectivity index (χ4n) is 2.94. The number of carbonyl (C=O) groups is 1. The first-order valence-electron chi connectivity index (χ1n) is 10.1. The lowest BCUT2D eigenvalue weighted by atomic mass is 10.0. The van der Waals surface area contributed by atoms with Gasteiger partial charge in [-0.2, -0.15) is 0 Å². The maximum atomic E-state index is 11.7. The molecular weight excluding hydrogens is 312 g/mol. The van der Waals surface area contributed by atoms with Crippen molar-refractivity contribution in [3.8, 4) is 5.75 Å². The highest BCUT2D eigenvalue weighted by molar-refractivity contribution is 5.63. The van der Waals surface area contributed by atoms with E-state index in [0.29, 0.717) is 5.75 Å². The zero-order chi connectivity index (χ0) is 18.3. The molecule has 0 amide bonds. The van der Waals surface area contributed by atoms with Crippen molar-refractivity contribution >= 4 is 6.16 Å². The van der Waals surface area contributed by atoms with Crippen LogP contribution in [0, 0.1) is 0 Å². The lowest BCUT2D eigenvalue weighted by Crippen LogP contribution is -2.18. The molecule has 0 saturated carbocycles. The molecule has 0 saturated heterocycles. The third-order valence-electron chi connectivity index (χ3n) is 4.44. The van der Waals surface area contributed by atoms with Crippen LogP contribution in [-0.2, 0) is 11.2 Å². The third-order valence-corrected chi connectivity index (χ3v) is 4.44. The molecule has 0 fully saturated rings. The number of ether oxygens (including phenoxy) is 2. The average molecular weight is 349 g/mol. The number of hydrogen-bond donors (Lipinski definition) is 0. The number of aryl methyl sites for hydroxylation is 1. The van der Waals surface area contributed by atoms with E-state index in [-0.39, 0.29) is 6.10 Å². The number of rotatable bonds is 13. The van der Waals surface area contributed by atoms with Crippen LogP contribution >= 0.6 is 0 Å². The molecule has 1 unspecified atom stereocenters. The molecule has 0 bridgehead atoms. The zero-order valence-corrected chi connectivity index (χ0v) is 16.4. The van der Waals surface area contributed by atoms with Crippen LogP contribution in [0.4, 0.5) is 4.79 Å². The number of benzene rings is 1. The minimum absolute atomic E-state index is 0.0984. The summed E-state index contributed by atoms with van der Waals surface area (Å²) < 4.78 is 10.4. The molecule has 142 valence electrons. The monoisotopic (exact) mass is 348 g/mol. The van der Waals surface area contributed by atoms with E-state index in [1.165, 1.54) is 56.9 Å². The number of unbranched alkanes of at least 4 members (excludes halogenated alkanes) is 7. The maximum absolute atomic E-state index is 11.7.